The zero-order valence-electron chi connectivity index (χ0n) is 17.2. The molecule has 7 heteroatoms. The van der Waals surface area contributed by atoms with Gasteiger partial charge in [-0.15, -0.1) is 24.0 Å². The Morgan fingerprint density at radius 3 is 2.71 bits per heavy atom. The lowest BCUT2D eigenvalue weighted by atomic mass is 9.97. The molecular formula is C21H33IN4O2. The summed E-state index contributed by atoms with van der Waals surface area (Å²) in [7, 11) is 3.99. The molecule has 0 aliphatic carbocycles. The molecule has 2 aliphatic heterocycles. The number of halogens is 1. The molecule has 2 heterocycles. The highest BCUT2D eigenvalue weighted by Crippen LogP contribution is 2.26. The summed E-state index contributed by atoms with van der Waals surface area (Å²) in [4.78, 5) is 20.9. The highest BCUT2D eigenvalue weighted by Gasteiger charge is 2.27. The summed E-state index contributed by atoms with van der Waals surface area (Å²) in [6, 6.07) is 6.76. The number of fused-ring (bicyclic) bond motifs is 1. The summed E-state index contributed by atoms with van der Waals surface area (Å²) < 4.78 is 5.15. The summed E-state index contributed by atoms with van der Waals surface area (Å²) in [6.45, 7) is 5.88. The molecule has 156 valence electrons. The maximum atomic E-state index is 11.9. The molecular weight excluding hydrogens is 467 g/mol. The summed E-state index contributed by atoms with van der Waals surface area (Å²) in [5.74, 6) is 0.878. The van der Waals surface area contributed by atoms with Crippen LogP contribution >= 0.6 is 24.0 Å². The summed E-state index contributed by atoms with van der Waals surface area (Å²) in [5.41, 5.74) is 4.08. The van der Waals surface area contributed by atoms with Gasteiger partial charge in [-0.1, -0.05) is 12.1 Å². The van der Waals surface area contributed by atoms with E-state index in [0.29, 0.717) is 6.61 Å². The molecule has 1 aromatic rings. The fraction of sp³-hybridized carbons (Fsp3) is 0.619. The van der Waals surface area contributed by atoms with Crippen molar-refractivity contribution in [3.8, 4) is 0 Å². The number of aliphatic imine (C=N–C) groups is 1. The minimum atomic E-state index is -0.0564. The number of hydrogen-bond acceptors (Lipinski definition) is 4. The summed E-state index contributed by atoms with van der Waals surface area (Å²) in [5, 5.41) is 3.49. The lowest BCUT2D eigenvalue weighted by Gasteiger charge is -2.33. The second-order valence-corrected chi connectivity index (χ2v) is 7.40. The molecule has 0 amide bonds. The van der Waals surface area contributed by atoms with Gasteiger partial charge in [0, 0.05) is 46.0 Å². The van der Waals surface area contributed by atoms with E-state index in [-0.39, 0.29) is 35.9 Å². The van der Waals surface area contributed by atoms with Crippen LogP contribution in [-0.2, 0) is 22.5 Å². The predicted octanol–water partition coefficient (Wildman–Crippen LogP) is 3.04. The lowest BCUT2D eigenvalue weighted by molar-refractivity contribution is -0.149. The number of aryl methyl sites for hydroxylation is 1. The van der Waals surface area contributed by atoms with Gasteiger partial charge in [-0.05, 0) is 49.8 Å². The van der Waals surface area contributed by atoms with Gasteiger partial charge in [-0.2, -0.15) is 0 Å². The third kappa shape index (κ3) is 5.52. The largest absolute Gasteiger partial charge is 0.466 e. The van der Waals surface area contributed by atoms with Gasteiger partial charge in [0.25, 0.3) is 0 Å². The van der Waals surface area contributed by atoms with Gasteiger partial charge in [-0.25, -0.2) is 0 Å². The van der Waals surface area contributed by atoms with E-state index in [1.54, 1.807) is 0 Å². The Bertz CT molecular complexity index is 687. The average Bonchev–Trinajstić information content (AvgIpc) is 2.69. The van der Waals surface area contributed by atoms with Crippen molar-refractivity contribution in [1.29, 1.82) is 0 Å². The Kier molecular flexibility index (Phi) is 8.85. The maximum absolute atomic E-state index is 11.9. The SMILES string of the molecule is CCOC(=O)C1CCN(C(=NC)NCc2ccc3c(c2)CCCN3C)CC1.I. The second kappa shape index (κ2) is 10.9. The number of nitrogens with zero attached hydrogens (tertiary/aromatic N) is 3. The Balaban J connectivity index is 0.00000280. The number of carbonyl (C=O) groups is 1. The number of benzene rings is 1. The van der Waals surface area contributed by atoms with Crippen LogP contribution in [0.2, 0.25) is 0 Å². The molecule has 1 aromatic carbocycles. The Hall–Kier alpha value is -1.51. The van der Waals surface area contributed by atoms with Gasteiger partial charge in [0.2, 0.25) is 0 Å². The molecule has 6 nitrogen and oxygen atoms in total. The Morgan fingerprint density at radius 1 is 1.29 bits per heavy atom. The van der Waals surface area contributed by atoms with E-state index >= 15 is 0 Å². The minimum Gasteiger partial charge on any atom is -0.466 e. The van der Waals surface area contributed by atoms with Crippen molar-refractivity contribution in [2.24, 2.45) is 10.9 Å². The van der Waals surface area contributed by atoms with Crippen LogP contribution in [0.15, 0.2) is 23.2 Å². The molecule has 0 atom stereocenters. The number of nitrogens with one attached hydrogen (secondary N) is 1. The first kappa shape index (κ1) is 22.8. The van der Waals surface area contributed by atoms with Crippen LogP contribution in [-0.4, -0.2) is 57.2 Å². The Morgan fingerprint density at radius 2 is 2.04 bits per heavy atom. The zero-order chi connectivity index (χ0) is 19.2. The number of piperidine rings is 1. The van der Waals surface area contributed by atoms with E-state index in [4.69, 9.17) is 4.74 Å². The van der Waals surface area contributed by atoms with Crippen molar-refractivity contribution in [1.82, 2.24) is 10.2 Å². The monoisotopic (exact) mass is 500 g/mol. The van der Waals surface area contributed by atoms with Crippen molar-refractivity contribution >= 4 is 41.6 Å². The normalized spacial score (nSPS) is 17.6. The van der Waals surface area contributed by atoms with Gasteiger partial charge in [0.1, 0.15) is 0 Å². The number of guanidine groups is 1. The van der Waals surface area contributed by atoms with Gasteiger partial charge < -0.3 is 19.9 Å². The van der Waals surface area contributed by atoms with Crippen LogP contribution in [0.25, 0.3) is 0 Å². The van der Waals surface area contributed by atoms with E-state index in [2.05, 4.69) is 45.4 Å². The second-order valence-electron chi connectivity index (χ2n) is 7.40. The molecule has 0 radical (unpaired) electrons. The fourth-order valence-electron chi connectivity index (χ4n) is 4.05. The number of rotatable bonds is 4. The number of hydrogen-bond donors (Lipinski definition) is 1. The van der Waals surface area contributed by atoms with Crippen molar-refractivity contribution in [2.75, 3.05) is 45.2 Å². The molecule has 28 heavy (non-hydrogen) atoms. The standard InChI is InChI=1S/C21H32N4O2.HI/c1-4-27-20(26)17-9-12-25(13-10-17)21(22-2)23-15-16-7-8-19-18(14-16)6-5-11-24(19)3;/h7-8,14,17H,4-6,9-13,15H2,1-3H3,(H,22,23);1H. The summed E-state index contributed by atoms with van der Waals surface area (Å²) in [6.07, 6.45) is 4.02. The molecule has 0 spiro atoms. The van der Waals surface area contributed by atoms with E-state index in [9.17, 15) is 4.79 Å². The molecule has 0 unspecified atom stereocenters. The van der Waals surface area contributed by atoms with Crippen LogP contribution in [0.1, 0.15) is 37.3 Å². The van der Waals surface area contributed by atoms with Gasteiger partial charge in [0.05, 0.1) is 12.5 Å². The van der Waals surface area contributed by atoms with Crippen LogP contribution < -0.4 is 10.2 Å². The molecule has 0 bridgehead atoms. The van der Waals surface area contributed by atoms with Crippen molar-refractivity contribution < 1.29 is 9.53 Å². The number of esters is 1. The number of likely N-dealkylation sites (tertiary alicyclic amines) is 1. The quantitative estimate of drug-likeness (QED) is 0.298. The molecule has 3 rings (SSSR count). The fourth-order valence-corrected chi connectivity index (χ4v) is 4.05. The van der Waals surface area contributed by atoms with Crippen LogP contribution in [0.4, 0.5) is 5.69 Å². The van der Waals surface area contributed by atoms with Gasteiger partial charge >= 0.3 is 5.97 Å². The first-order valence-corrected chi connectivity index (χ1v) is 10.1. The van der Waals surface area contributed by atoms with E-state index in [0.717, 1.165) is 51.4 Å². The van der Waals surface area contributed by atoms with Crippen molar-refractivity contribution in [3.63, 3.8) is 0 Å². The minimum absolute atomic E-state index is 0. The first-order chi connectivity index (χ1) is 13.1. The van der Waals surface area contributed by atoms with Crippen LogP contribution in [0, 0.1) is 5.92 Å². The third-order valence-electron chi connectivity index (χ3n) is 5.57. The molecule has 0 aromatic heterocycles. The smallest absolute Gasteiger partial charge is 0.309 e. The van der Waals surface area contributed by atoms with E-state index in [1.807, 2.05) is 14.0 Å². The highest BCUT2D eigenvalue weighted by atomic mass is 127. The van der Waals surface area contributed by atoms with E-state index in [1.165, 1.54) is 23.2 Å². The zero-order valence-corrected chi connectivity index (χ0v) is 19.6. The average molecular weight is 500 g/mol. The topological polar surface area (TPSA) is 57.2 Å². The van der Waals surface area contributed by atoms with Crippen LogP contribution in [0.5, 0.6) is 0 Å². The van der Waals surface area contributed by atoms with Crippen molar-refractivity contribution in [2.45, 2.75) is 39.2 Å². The highest BCUT2D eigenvalue weighted by molar-refractivity contribution is 14.0. The molecule has 2 aliphatic rings. The maximum Gasteiger partial charge on any atom is 0.309 e. The molecule has 1 fully saturated rings. The number of carbonyl (C=O) groups excluding carboxylic acids is 1. The lowest BCUT2D eigenvalue weighted by Crippen LogP contribution is -2.46. The predicted molar refractivity (Wildman–Crippen MR) is 125 cm³/mol. The van der Waals surface area contributed by atoms with Gasteiger partial charge in [0.15, 0.2) is 5.96 Å². The summed E-state index contributed by atoms with van der Waals surface area (Å²) >= 11 is 0. The molecule has 1 saturated heterocycles. The van der Waals surface area contributed by atoms with E-state index < -0.39 is 0 Å². The molecule has 1 N–H and O–H groups in total. The van der Waals surface area contributed by atoms with Crippen LogP contribution in [0.3, 0.4) is 0 Å². The molecule has 0 saturated carbocycles. The number of ether oxygens (including phenoxy) is 1. The van der Waals surface area contributed by atoms with Crippen molar-refractivity contribution in [3.05, 3.63) is 29.3 Å². The number of anilines is 1. The Labute approximate surface area is 185 Å². The first-order valence-electron chi connectivity index (χ1n) is 10.1. The third-order valence-corrected chi connectivity index (χ3v) is 5.57. The van der Waals surface area contributed by atoms with Gasteiger partial charge in [-0.3, -0.25) is 9.79 Å².